The van der Waals surface area contributed by atoms with Gasteiger partial charge in [0.25, 0.3) is 0 Å². The maximum atomic E-state index is 14.9. The highest BCUT2D eigenvalue weighted by Gasteiger charge is 2.52. The average Bonchev–Trinajstić information content (AvgIpc) is 3.30. The number of phenols is 15. The summed E-state index contributed by atoms with van der Waals surface area (Å²) in [7, 11) is 0. The standard InChI is InChI=1S/C41H26O27/c42-11-2-7-16(26(50)23(11)47)17-8(3-12(43)24(48)27(17)51)38(60)66-33-14(5-64-37(7)59)65-40(62)10-1-6(21(45)31(55)22(10)46)15-20-19(30(54)32(56)29(15)53)18-9(4-13(44)25(49)28(18)52)39(61)68-35(36(57)58)34(33)67-41(20)63/h1-4,14,33-35,42-56H,5H2,(H,57,58). The third-order valence-electron chi connectivity index (χ3n) is 10.9. The monoisotopic (exact) mass is 950 g/mol. The van der Waals surface area contributed by atoms with Crippen molar-refractivity contribution >= 4 is 35.8 Å². The minimum atomic E-state index is -3.16. The van der Waals surface area contributed by atoms with Crippen molar-refractivity contribution in [1.82, 2.24) is 0 Å². The first-order chi connectivity index (χ1) is 31.9. The number of aliphatic carboxylic acids is 1. The van der Waals surface area contributed by atoms with Gasteiger partial charge in [-0.3, -0.25) is 0 Å². The lowest BCUT2D eigenvalue weighted by molar-refractivity contribution is -0.167. The van der Waals surface area contributed by atoms with Gasteiger partial charge >= 0.3 is 35.8 Å². The second kappa shape index (κ2) is 15.3. The lowest BCUT2D eigenvalue weighted by atomic mass is 9.85. The molecule has 3 aliphatic heterocycles. The fraction of sp³-hybridized carbons (Fsp3) is 0.122. The number of phenolic OH excluding ortho intramolecular Hbond substituents is 15. The summed E-state index contributed by atoms with van der Waals surface area (Å²) in [6.07, 6.45) is -11.9. The summed E-state index contributed by atoms with van der Waals surface area (Å²) in [5.41, 5.74) is -14.3. The second-order valence-corrected chi connectivity index (χ2v) is 14.7. The van der Waals surface area contributed by atoms with E-state index in [4.69, 9.17) is 23.7 Å². The molecule has 16 N–H and O–H groups in total. The molecule has 0 fully saturated rings. The third kappa shape index (κ3) is 6.35. The molecule has 0 spiro atoms. The van der Waals surface area contributed by atoms with E-state index in [2.05, 4.69) is 0 Å². The average molecular weight is 951 g/mol. The summed E-state index contributed by atoms with van der Waals surface area (Å²) < 4.78 is 26.9. The number of cyclic esters (lactones) is 2. The van der Waals surface area contributed by atoms with Crippen LogP contribution in [0.2, 0.25) is 0 Å². The van der Waals surface area contributed by atoms with Crippen LogP contribution in [0.15, 0.2) is 24.3 Å². The van der Waals surface area contributed by atoms with Crippen LogP contribution < -0.4 is 0 Å². The summed E-state index contributed by atoms with van der Waals surface area (Å²) in [4.78, 5) is 85.1. The highest BCUT2D eigenvalue weighted by Crippen LogP contribution is 2.59. The number of hydrogen-bond acceptors (Lipinski definition) is 26. The molecule has 4 atom stereocenters. The molecule has 4 unspecified atom stereocenters. The fourth-order valence-electron chi connectivity index (χ4n) is 7.69. The van der Waals surface area contributed by atoms with Crippen molar-refractivity contribution in [3.05, 3.63) is 52.1 Å². The zero-order valence-electron chi connectivity index (χ0n) is 33.0. The Hall–Kier alpha value is -10.1. The molecule has 0 saturated heterocycles. The first kappa shape index (κ1) is 44.5. The third-order valence-corrected chi connectivity index (χ3v) is 10.9. The van der Waals surface area contributed by atoms with Crippen LogP contribution in [-0.4, -0.2) is 149 Å². The van der Waals surface area contributed by atoms with Gasteiger partial charge in [0, 0.05) is 33.4 Å². The van der Waals surface area contributed by atoms with E-state index in [9.17, 15) is 110 Å². The van der Waals surface area contributed by atoms with Gasteiger partial charge in [-0.2, -0.15) is 0 Å². The first-order valence-electron chi connectivity index (χ1n) is 18.6. The molecular weight excluding hydrogens is 924 g/mol. The zero-order valence-corrected chi connectivity index (χ0v) is 33.0. The van der Waals surface area contributed by atoms with Crippen LogP contribution in [0.1, 0.15) is 51.8 Å². The largest absolute Gasteiger partial charge is 0.504 e. The van der Waals surface area contributed by atoms with E-state index in [0.29, 0.717) is 12.1 Å². The second-order valence-electron chi connectivity index (χ2n) is 14.7. The summed E-state index contributed by atoms with van der Waals surface area (Å²) in [5.74, 6) is -35.7. The molecule has 352 valence electrons. The normalized spacial score (nSPS) is 18.8. The van der Waals surface area contributed by atoms with Crippen molar-refractivity contribution in [3.8, 4) is 120 Å². The van der Waals surface area contributed by atoms with E-state index >= 15 is 0 Å². The Kier molecular flexibility index (Phi) is 10.0. The SMILES string of the molecule is O=C1OC2COC(=O)c3cc(O)c(O)c(O)c3-c3c(cc(O)c(O)c3O)C(=O)OC2C2OC(=O)c3c(c(O)c(O)c(O)c3-c3c(cc(O)c(O)c3O)C(=O)OC2C(=O)O)-c2cc1c(O)c(O)c2O. The van der Waals surface area contributed by atoms with E-state index in [-0.39, 0.29) is 12.1 Å². The van der Waals surface area contributed by atoms with E-state index in [1.807, 2.05) is 0 Å². The number of benzene rings is 5. The Morgan fingerprint density at radius 2 is 0.765 bits per heavy atom. The quantitative estimate of drug-likeness (QED) is 0.0640. The van der Waals surface area contributed by atoms with Crippen LogP contribution in [0.3, 0.4) is 0 Å². The van der Waals surface area contributed by atoms with Crippen LogP contribution >= 0.6 is 0 Å². The number of hydrogen-bond donors (Lipinski definition) is 16. The number of carbonyl (C=O) groups is 6. The lowest BCUT2D eigenvalue weighted by Crippen LogP contribution is -2.55. The maximum Gasteiger partial charge on any atom is 0.349 e. The summed E-state index contributed by atoms with van der Waals surface area (Å²) in [6, 6.07) is 1.24. The van der Waals surface area contributed by atoms with Gasteiger partial charge in [-0.25, -0.2) is 28.8 Å². The van der Waals surface area contributed by atoms with Crippen molar-refractivity contribution in [1.29, 1.82) is 0 Å². The Bertz CT molecular complexity index is 3190. The molecule has 5 aromatic carbocycles. The molecule has 0 aromatic heterocycles. The van der Waals surface area contributed by atoms with Crippen LogP contribution in [0.4, 0.5) is 0 Å². The van der Waals surface area contributed by atoms with Crippen LogP contribution in [-0.2, 0) is 28.5 Å². The highest BCUT2D eigenvalue weighted by atomic mass is 16.6. The predicted octanol–water partition coefficient (Wildman–Crippen LogP) is 1.36. The van der Waals surface area contributed by atoms with Crippen LogP contribution in [0.5, 0.6) is 86.2 Å². The van der Waals surface area contributed by atoms with Crippen molar-refractivity contribution in [3.63, 3.8) is 0 Å². The Morgan fingerprint density at radius 3 is 1.28 bits per heavy atom. The minimum absolute atomic E-state index is 0.260. The van der Waals surface area contributed by atoms with E-state index < -0.39 is 214 Å². The molecule has 4 bridgehead atoms. The predicted molar refractivity (Wildman–Crippen MR) is 209 cm³/mol. The molecule has 8 rings (SSSR count). The number of rotatable bonds is 1. The maximum absolute atomic E-state index is 14.9. The number of esters is 5. The van der Waals surface area contributed by atoms with Crippen molar-refractivity contribution in [2.75, 3.05) is 6.61 Å². The van der Waals surface area contributed by atoms with E-state index in [1.54, 1.807) is 0 Å². The topological polar surface area (TPSA) is 472 Å². The van der Waals surface area contributed by atoms with E-state index in [0.717, 1.165) is 0 Å². The zero-order chi connectivity index (χ0) is 49.9. The molecule has 0 aliphatic carbocycles. The van der Waals surface area contributed by atoms with Gasteiger partial charge < -0.3 is 105 Å². The van der Waals surface area contributed by atoms with Gasteiger partial charge in [-0.1, -0.05) is 0 Å². The minimum Gasteiger partial charge on any atom is -0.504 e. The van der Waals surface area contributed by atoms with Crippen LogP contribution in [0, 0.1) is 0 Å². The molecule has 0 amide bonds. The molecule has 68 heavy (non-hydrogen) atoms. The molecule has 3 aliphatic rings. The summed E-state index contributed by atoms with van der Waals surface area (Å²) in [6.45, 7) is -1.60. The van der Waals surface area contributed by atoms with Gasteiger partial charge in [-0.15, -0.1) is 0 Å². The van der Waals surface area contributed by atoms with Gasteiger partial charge in [0.05, 0.1) is 22.3 Å². The number of fused-ring (bicyclic) bond motifs is 12. The highest BCUT2D eigenvalue weighted by molar-refractivity contribution is 6.14. The van der Waals surface area contributed by atoms with Crippen molar-refractivity contribution in [2.24, 2.45) is 0 Å². The van der Waals surface area contributed by atoms with Gasteiger partial charge in [0.2, 0.25) is 34.9 Å². The molecule has 27 nitrogen and oxygen atoms in total. The molecule has 0 saturated carbocycles. The smallest absolute Gasteiger partial charge is 0.349 e. The number of carbonyl (C=O) groups excluding carboxylic acids is 5. The van der Waals surface area contributed by atoms with Gasteiger partial charge in [0.15, 0.2) is 75.8 Å². The lowest BCUT2D eigenvalue weighted by Gasteiger charge is -2.35. The number of aromatic hydroxyl groups is 15. The molecule has 27 heteroatoms. The molecule has 3 heterocycles. The summed E-state index contributed by atoms with van der Waals surface area (Å²) >= 11 is 0. The molecule has 0 radical (unpaired) electrons. The fourth-order valence-corrected chi connectivity index (χ4v) is 7.69. The number of ether oxygens (including phenoxy) is 5. The van der Waals surface area contributed by atoms with Crippen molar-refractivity contribution in [2.45, 2.75) is 24.4 Å². The Labute approximate surface area is 372 Å². The molecule has 5 aromatic rings. The Balaban J connectivity index is 1.52. The number of carboxylic acids is 1. The Morgan fingerprint density at radius 1 is 0.368 bits per heavy atom. The van der Waals surface area contributed by atoms with Gasteiger partial charge in [-0.05, 0) is 24.3 Å². The summed E-state index contributed by atoms with van der Waals surface area (Å²) in [5, 5.41) is 174. The first-order valence-corrected chi connectivity index (χ1v) is 18.6. The molecular formula is C41H26O27. The van der Waals surface area contributed by atoms with Gasteiger partial charge in [0.1, 0.15) is 12.2 Å². The van der Waals surface area contributed by atoms with E-state index in [1.165, 1.54) is 0 Å². The van der Waals surface area contributed by atoms with Crippen molar-refractivity contribution < 1.29 is 134 Å². The number of carboxylic acid groups (broad SMARTS) is 1. The van der Waals surface area contributed by atoms with Crippen LogP contribution in [0.25, 0.3) is 33.4 Å².